The Hall–Kier alpha value is -1.32. The van der Waals surface area contributed by atoms with E-state index in [-0.39, 0.29) is 29.7 Å². The molecule has 4 rings (SSSR count). The number of carbonyl (C=O) groups excluding carboxylic acids is 1. The Balaban J connectivity index is 1.85. The molecule has 1 N–H and O–H groups in total. The zero-order chi connectivity index (χ0) is 14.3. The maximum atomic E-state index is 12.9. The predicted octanol–water partition coefficient (Wildman–Crippen LogP) is 2.30. The van der Waals surface area contributed by atoms with E-state index in [0.717, 1.165) is 32.2 Å². The Labute approximate surface area is 119 Å². The van der Waals surface area contributed by atoms with Gasteiger partial charge in [-0.15, -0.1) is 0 Å². The Kier molecular flexibility index (Phi) is 3.57. The van der Waals surface area contributed by atoms with Gasteiger partial charge in [0.05, 0.1) is 11.8 Å². The van der Waals surface area contributed by atoms with Crippen LogP contribution in [0.15, 0.2) is 12.2 Å². The lowest BCUT2D eigenvalue weighted by atomic mass is 9.61. The van der Waals surface area contributed by atoms with Crippen LogP contribution in [0.2, 0.25) is 0 Å². The molecule has 20 heavy (non-hydrogen) atoms. The maximum Gasteiger partial charge on any atom is 0.307 e. The van der Waals surface area contributed by atoms with Crippen molar-refractivity contribution < 1.29 is 14.7 Å². The zero-order valence-electron chi connectivity index (χ0n) is 12.0. The summed E-state index contributed by atoms with van der Waals surface area (Å²) in [5, 5.41) is 9.54. The molecule has 1 aliphatic heterocycles. The molecular formula is C16H23NO3. The third-order valence-electron chi connectivity index (χ3n) is 5.40. The lowest BCUT2D eigenvalue weighted by Crippen LogP contribution is -2.53. The number of piperidine rings is 1. The van der Waals surface area contributed by atoms with Crippen molar-refractivity contribution in [2.24, 2.45) is 23.7 Å². The van der Waals surface area contributed by atoms with Gasteiger partial charge in [-0.25, -0.2) is 0 Å². The molecule has 0 unspecified atom stereocenters. The van der Waals surface area contributed by atoms with E-state index in [1.54, 1.807) is 0 Å². The molecule has 4 aliphatic rings. The van der Waals surface area contributed by atoms with Crippen molar-refractivity contribution in [2.45, 2.75) is 45.1 Å². The van der Waals surface area contributed by atoms with Crippen LogP contribution in [0.25, 0.3) is 0 Å². The summed E-state index contributed by atoms with van der Waals surface area (Å²) in [5.41, 5.74) is 0. The van der Waals surface area contributed by atoms with Crippen molar-refractivity contribution in [2.75, 3.05) is 6.54 Å². The molecule has 1 amide bonds. The molecule has 0 aromatic carbocycles. The van der Waals surface area contributed by atoms with Crippen LogP contribution in [0.4, 0.5) is 0 Å². The molecule has 5 atom stereocenters. The fourth-order valence-electron chi connectivity index (χ4n) is 4.28. The highest BCUT2D eigenvalue weighted by Crippen LogP contribution is 2.46. The van der Waals surface area contributed by atoms with Gasteiger partial charge in [-0.2, -0.15) is 0 Å². The quantitative estimate of drug-likeness (QED) is 0.788. The molecule has 1 saturated carbocycles. The molecule has 2 bridgehead atoms. The van der Waals surface area contributed by atoms with E-state index in [9.17, 15) is 14.7 Å². The highest BCUT2D eigenvalue weighted by atomic mass is 16.4. The topological polar surface area (TPSA) is 57.6 Å². The summed E-state index contributed by atoms with van der Waals surface area (Å²) in [6, 6.07) is 0.259. The standard InChI is InChI=1S/C16H23NO3/c1-10-4-2-3-9-17(10)15(18)13-11-5-7-12(8-6-11)14(13)16(19)20/h5,7,10-14H,2-4,6,8-9H2,1H3,(H,19,20)/t10-,11-,12-,13+,14-/m0/s1. The lowest BCUT2D eigenvalue weighted by molar-refractivity contribution is -0.158. The van der Waals surface area contributed by atoms with Gasteiger partial charge in [0.2, 0.25) is 5.91 Å². The first kappa shape index (κ1) is 13.7. The van der Waals surface area contributed by atoms with Gasteiger partial charge in [-0.3, -0.25) is 9.59 Å². The molecule has 110 valence electrons. The van der Waals surface area contributed by atoms with Crippen LogP contribution < -0.4 is 0 Å². The van der Waals surface area contributed by atoms with Crippen LogP contribution in [0.3, 0.4) is 0 Å². The van der Waals surface area contributed by atoms with Crippen LogP contribution in [-0.2, 0) is 9.59 Å². The van der Waals surface area contributed by atoms with Crippen LogP contribution in [0.5, 0.6) is 0 Å². The number of hydrogen-bond acceptors (Lipinski definition) is 2. The van der Waals surface area contributed by atoms with Crippen molar-refractivity contribution in [3.8, 4) is 0 Å². The molecule has 0 spiro atoms. The van der Waals surface area contributed by atoms with Gasteiger partial charge in [0.25, 0.3) is 0 Å². The van der Waals surface area contributed by atoms with E-state index in [1.165, 1.54) is 6.42 Å². The number of carboxylic acids is 1. The summed E-state index contributed by atoms with van der Waals surface area (Å²) in [5.74, 6) is -1.39. The van der Waals surface area contributed by atoms with E-state index < -0.39 is 11.9 Å². The molecule has 3 aliphatic carbocycles. The number of nitrogens with zero attached hydrogens (tertiary/aromatic N) is 1. The van der Waals surface area contributed by atoms with E-state index in [1.807, 2.05) is 11.0 Å². The first-order valence-electron chi connectivity index (χ1n) is 7.81. The maximum absolute atomic E-state index is 12.9. The van der Waals surface area contributed by atoms with Gasteiger partial charge < -0.3 is 10.0 Å². The van der Waals surface area contributed by atoms with Crippen molar-refractivity contribution in [1.29, 1.82) is 0 Å². The number of aliphatic carboxylic acids is 1. The van der Waals surface area contributed by atoms with Gasteiger partial charge >= 0.3 is 5.97 Å². The third kappa shape index (κ3) is 2.15. The van der Waals surface area contributed by atoms with Crippen molar-refractivity contribution in [3.05, 3.63) is 12.2 Å². The van der Waals surface area contributed by atoms with Crippen LogP contribution in [-0.4, -0.2) is 34.5 Å². The molecule has 0 aromatic heterocycles. The summed E-state index contributed by atoms with van der Waals surface area (Å²) in [6.07, 6.45) is 9.25. The highest BCUT2D eigenvalue weighted by molar-refractivity contribution is 5.86. The van der Waals surface area contributed by atoms with Gasteiger partial charge in [0, 0.05) is 12.6 Å². The zero-order valence-corrected chi connectivity index (χ0v) is 12.0. The summed E-state index contributed by atoms with van der Waals surface area (Å²) < 4.78 is 0. The third-order valence-corrected chi connectivity index (χ3v) is 5.40. The number of carbonyl (C=O) groups is 2. The molecule has 0 aromatic rings. The number of fused-ring (bicyclic) bond motifs is 2. The van der Waals surface area contributed by atoms with Gasteiger partial charge in [-0.1, -0.05) is 12.2 Å². The fraction of sp³-hybridized carbons (Fsp3) is 0.750. The van der Waals surface area contributed by atoms with Crippen LogP contribution in [0, 0.1) is 23.7 Å². The summed E-state index contributed by atoms with van der Waals surface area (Å²) in [7, 11) is 0. The Morgan fingerprint density at radius 2 is 1.70 bits per heavy atom. The van der Waals surface area contributed by atoms with E-state index in [4.69, 9.17) is 0 Å². The average molecular weight is 277 g/mol. The largest absolute Gasteiger partial charge is 0.481 e. The summed E-state index contributed by atoms with van der Waals surface area (Å²) in [4.78, 5) is 26.5. The molecule has 4 heteroatoms. The monoisotopic (exact) mass is 277 g/mol. The number of rotatable bonds is 2. The molecule has 0 radical (unpaired) electrons. The van der Waals surface area contributed by atoms with Crippen LogP contribution >= 0.6 is 0 Å². The smallest absolute Gasteiger partial charge is 0.307 e. The molecule has 1 heterocycles. The SMILES string of the molecule is C[C@H]1CCCCN1C(=O)[C@H]1[C@@H](C(=O)O)[C@H]2C=C[C@H]1CC2. The minimum absolute atomic E-state index is 0.0477. The normalized spacial score (nSPS) is 39.9. The lowest BCUT2D eigenvalue weighted by Gasteiger charge is -2.45. The van der Waals surface area contributed by atoms with Gasteiger partial charge in [-0.05, 0) is 50.9 Å². The van der Waals surface area contributed by atoms with E-state index in [2.05, 4.69) is 13.0 Å². The first-order valence-corrected chi connectivity index (χ1v) is 7.81. The number of allylic oxidation sites excluding steroid dienone is 2. The minimum atomic E-state index is -0.799. The second kappa shape index (κ2) is 5.23. The predicted molar refractivity (Wildman–Crippen MR) is 75.0 cm³/mol. The number of hydrogen-bond donors (Lipinski definition) is 1. The highest BCUT2D eigenvalue weighted by Gasteiger charge is 2.49. The molecule has 4 nitrogen and oxygen atoms in total. The second-order valence-electron chi connectivity index (χ2n) is 6.56. The van der Waals surface area contributed by atoms with Crippen molar-refractivity contribution >= 4 is 11.9 Å². The van der Waals surface area contributed by atoms with Crippen LogP contribution in [0.1, 0.15) is 39.0 Å². The molecule has 2 fully saturated rings. The Bertz CT molecular complexity index is 445. The van der Waals surface area contributed by atoms with Crippen molar-refractivity contribution in [3.63, 3.8) is 0 Å². The van der Waals surface area contributed by atoms with Crippen molar-refractivity contribution in [1.82, 2.24) is 4.90 Å². The molecule has 1 saturated heterocycles. The van der Waals surface area contributed by atoms with Gasteiger partial charge in [0.1, 0.15) is 0 Å². The fourth-order valence-corrected chi connectivity index (χ4v) is 4.28. The second-order valence-corrected chi connectivity index (χ2v) is 6.56. The number of amides is 1. The minimum Gasteiger partial charge on any atom is -0.481 e. The van der Waals surface area contributed by atoms with E-state index in [0.29, 0.717) is 0 Å². The van der Waals surface area contributed by atoms with E-state index >= 15 is 0 Å². The number of carboxylic acid groups (broad SMARTS) is 1. The summed E-state index contributed by atoms with van der Waals surface area (Å²) in [6.45, 7) is 2.88. The summed E-state index contributed by atoms with van der Waals surface area (Å²) >= 11 is 0. The number of likely N-dealkylation sites (tertiary alicyclic amines) is 1. The first-order chi connectivity index (χ1) is 9.59. The average Bonchev–Trinajstić information content (AvgIpc) is 2.47. The molecular weight excluding hydrogens is 254 g/mol. The Morgan fingerprint density at radius 3 is 2.25 bits per heavy atom. The van der Waals surface area contributed by atoms with Gasteiger partial charge in [0.15, 0.2) is 0 Å². The Morgan fingerprint density at radius 1 is 1.05 bits per heavy atom.